The van der Waals surface area contributed by atoms with Gasteiger partial charge in [-0.3, -0.25) is 0 Å². The number of anilines is 1. The number of hydrogen-bond acceptors (Lipinski definition) is 1. The Morgan fingerprint density at radius 2 is 1.68 bits per heavy atom. The predicted octanol–water partition coefficient (Wildman–Crippen LogP) is 4.04. The van der Waals surface area contributed by atoms with Crippen LogP contribution in [0.5, 0.6) is 0 Å². The largest absolute Gasteiger partial charge is 0.332 e. The standard InChI is InChI=1S/C17H17NS/c1-12-9-13(2)11-15(10-12)18-8-7-14-5-3-4-6-16(14)17(18)19/h3-6,9-11H,7-8H2,1-2H3. The summed E-state index contributed by atoms with van der Waals surface area (Å²) < 4.78 is 0. The highest BCUT2D eigenvalue weighted by molar-refractivity contribution is 7.81. The van der Waals surface area contributed by atoms with E-state index in [1.165, 1.54) is 27.9 Å². The molecule has 0 spiro atoms. The Labute approximate surface area is 119 Å². The van der Waals surface area contributed by atoms with Gasteiger partial charge in [0.15, 0.2) is 0 Å². The van der Waals surface area contributed by atoms with Crippen LogP contribution in [0.4, 0.5) is 5.69 Å². The second-order valence-electron chi connectivity index (χ2n) is 5.21. The summed E-state index contributed by atoms with van der Waals surface area (Å²) in [6, 6.07) is 15.1. The summed E-state index contributed by atoms with van der Waals surface area (Å²) >= 11 is 5.68. The van der Waals surface area contributed by atoms with Gasteiger partial charge in [0.05, 0.1) is 0 Å². The third kappa shape index (κ3) is 2.28. The molecule has 2 heteroatoms. The number of fused-ring (bicyclic) bond motifs is 1. The maximum Gasteiger partial charge on any atom is 0.113 e. The van der Waals surface area contributed by atoms with Crippen molar-refractivity contribution in [3.63, 3.8) is 0 Å². The topological polar surface area (TPSA) is 3.24 Å². The van der Waals surface area contributed by atoms with Crippen molar-refractivity contribution in [2.24, 2.45) is 0 Å². The second-order valence-corrected chi connectivity index (χ2v) is 5.60. The Morgan fingerprint density at radius 1 is 1.00 bits per heavy atom. The zero-order chi connectivity index (χ0) is 13.4. The van der Waals surface area contributed by atoms with Crippen LogP contribution in [0.15, 0.2) is 42.5 Å². The van der Waals surface area contributed by atoms with Gasteiger partial charge in [-0.2, -0.15) is 0 Å². The Hall–Kier alpha value is -1.67. The van der Waals surface area contributed by atoms with Gasteiger partial charge in [-0.1, -0.05) is 42.5 Å². The van der Waals surface area contributed by atoms with Crippen molar-refractivity contribution < 1.29 is 0 Å². The average molecular weight is 267 g/mol. The van der Waals surface area contributed by atoms with Crippen molar-refractivity contribution in [2.75, 3.05) is 11.4 Å². The summed E-state index contributed by atoms with van der Waals surface area (Å²) in [7, 11) is 0. The lowest BCUT2D eigenvalue weighted by Crippen LogP contribution is -2.36. The third-order valence-corrected chi connectivity index (χ3v) is 4.06. The number of rotatable bonds is 1. The molecule has 0 saturated carbocycles. The normalized spacial score (nSPS) is 14.4. The minimum Gasteiger partial charge on any atom is -0.332 e. The van der Waals surface area contributed by atoms with Gasteiger partial charge in [0.1, 0.15) is 4.99 Å². The quantitative estimate of drug-likeness (QED) is 0.717. The summed E-state index contributed by atoms with van der Waals surface area (Å²) in [5, 5.41) is 0. The number of thiocarbonyl (C=S) groups is 1. The molecule has 96 valence electrons. The van der Waals surface area contributed by atoms with E-state index in [0.717, 1.165) is 18.0 Å². The lowest BCUT2D eigenvalue weighted by Gasteiger charge is -2.31. The van der Waals surface area contributed by atoms with Crippen LogP contribution < -0.4 is 4.90 Å². The number of hydrogen-bond donors (Lipinski definition) is 0. The fourth-order valence-corrected chi connectivity index (χ4v) is 3.17. The summed E-state index contributed by atoms with van der Waals surface area (Å²) in [6.45, 7) is 5.24. The fourth-order valence-electron chi connectivity index (χ4n) is 2.78. The maximum atomic E-state index is 5.68. The molecule has 0 bridgehead atoms. The monoisotopic (exact) mass is 267 g/mol. The molecule has 1 aliphatic rings. The highest BCUT2D eigenvalue weighted by Crippen LogP contribution is 2.26. The molecule has 0 unspecified atom stereocenters. The minimum atomic E-state index is 0.951. The van der Waals surface area contributed by atoms with Crippen LogP contribution in [0.25, 0.3) is 0 Å². The molecule has 0 radical (unpaired) electrons. The molecule has 0 amide bonds. The van der Waals surface area contributed by atoms with Crippen molar-refractivity contribution in [3.05, 3.63) is 64.7 Å². The van der Waals surface area contributed by atoms with Crippen molar-refractivity contribution in [2.45, 2.75) is 20.3 Å². The van der Waals surface area contributed by atoms with Gasteiger partial charge in [0.25, 0.3) is 0 Å². The van der Waals surface area contributed by atoms with Crippen LogP contribution in [-0.2, 0) is 6.42 Å². The van der Waals surface area contributed by atoms with E-state index >= 15 is 0 Å². The first-order valence-electron chi connectivity index (χ1n) is 6.63. The van der Waals surface area contributed by atoms with Crippen LogP contribution in [0.1, 0.15) is 22.3 Å². The molecule has 1 nitrogen and oxygen atoms in total. The average Bonchev–Trinajstić information content (AvgIpc) is 2.38. The summed E-state index contributed by atoms with van der Waals surface area (Å²) in [5.41, 5.74) is 6.38. The molecule has 0 N–H and O–H groups in total. The highest BCUT2D eigenvalue weighted by atomic mass is 32.1. The lowest BCUT2D eigenvalue weighted by molar-refractivity contribution is 0.911. The first-order valence-corrected chi connectivity index (χ1v) is 7.04. The van der Waals surface area contributed by atoms with Crippen molar-refractivity contribution in [1.82, 2.24) is 0 Å². The Kier molecular flexibility index (Phi) is 3.11. The van der Waals surface area contributed by atoms with E-state index in [2.05, 4.69) is 61.2 Å². The predicted molar refractivity (Wildman–Crippen MR) is 85.1 cm³/mol. The van der Waals surface area contributed by atoms with Crippen LogP contribution in [0.3, 0.4) is 0 Å². The number of aryl methyl sites for hydroxylation is 2. The molecule has 0 saturated heterocycles. The smallest absolute Gasteiger partial charge is 0.113 e. The van der Waals surface area contributed by atoms with E-state index in [1.807, 2.05) is 0 Å². The zero-order valence-electron chi connectivity index (χ0n) is 11.3. The van der Waals surface area contributed by atoms with E-state index in [1.54, 1.807) is 0 Å². The SMILES string of the molecule is Cc1cc(C)cc(N2CCc3ccccc3C2=S)c1. The molecule has 0 aliphatic carbocycles. The number of benzene rings is 2. The van der Waals surface area contributed by atoms with E-state index in [-0.39, 0.29) is 0 Å². The Morgan fingerprint density at radius 3 is 2.42 bits per heavy atom. The Balaban J connectivity index is 2.02. The van der Waals surface area contributed by atoms with Crippen LogP contribution in [0, 0.1) is 13.8 Å². The van der Waals surface area contributed by atoms with Crippen molar-refractivity contribution in [1.29, 1.82) is 0 Å². The van der Waals surface area contributed by atoms with Gasteiger partial charge in [0.2, 0.25) is 0 Å². The minimum absolute atomic E-state index is 0.951. The van der Waals surface area contributed by atoms with Gasteiger partial charge in [-0.05, 0) is 49.1 Å². The second kappa shape index (κ2) is 4.78. The van der Waals surface area contributed by atoms with E-state index in [0.29, 0.717) is 0 Å². The van der Waals surface area contributed by atoms with Crippen LogP contribution in [-0.4, -0.2) is 11.5 Å². The van der Waals surface area contributed by atoms with Crippen molar-refractivity contribution in [3.8, 4) is 0 Å². The molecule has 1 aliphatic heterocycles. The number of nitrogens with zero attached hydrogens (tertiary/aromatic N) is 1. The lowest BCUT2D eigenvalue weighted by atomic mass is 9.99. The highest BCUT2D eigenvalue weighted by Gasteiger charge is 2.21. The molecule has 3 rings (SSSR count). The summed E-state index contributed by atoms with van der Waals surface area (Å²) in [4.78, 5) is 3.21. The molecular weight excluding hydrogens is 250 g/mol. The first kappa shape index (κ1) is 12.4. The molecule has 19 heavy (non-hydrogen) atoms. The van der Waals surface area contributed by atoms with E-state index < -0.39 is 0 Å². The molecule has 0 fully saturated rings. The molecule has 0 aromatic heterocycles. The van der Waals surface area contributed by atoms with Gasteiger partial charge < -0.3 is 4.90 Å². The Bertz CT molecular complexity index is 625. The van der Waals surface area contributed by atoms with Gasteiger partial charge in [0, 0.05) is 17.8 Å². The molecule has 1 heterocycles. The first-order chi connectivity index (χ1) is 9.15. The van der Waals surface area contributed by atoms with E-state index in [9.17, 15) is 0 Å². The fraction of sp³-hybridized carbons (Fsp3) is 0.235. The summed E-state index contributed by atoms with van der Waals surface area (Å²) in [5.74, 6) is 0. The van der Waals surface area contributed by atoms with Gasteiger partial charge in [-0.15, -0.1) is 0 Å². The van der Waals surface area contributed by atoms with Crippen LogP contribution in [0.2, 0.25) is 0 Å². The maximum absolute atomic E-state index is 5.68. The van der Waals surface area contributed by atoms with Crippen molar-refractivity contribution >= 4 is 22.9 Å². The third-order valence-electron chi connectivity index (χ3n) is 3.62. The molecule has 2 aromatic carbocycles. The van der Waals surface area contributed by atoms with Gasteiger partial charge in [-0.25, -0.2) is 0 Å². The molecule has 2 aromatic rings. The van der Waals surface area contributed by atoms with Crippen LogP contribution >= 0.6 is 12.2 Å². The molecular formula is C17H17NS. The van der Waals surface area contributed by atoms with Gasteiger partial charge >= 0.3 is 0 Å². The van der Waals surface area contributed by atoms with E-state index in [4.69, 9.17) is 12.2 Å². The summed E-state index contributed by atoms with van der Waals surface area (Å²) in [6.07, 6.45) is 1.06. The molecule has 0 atom stereocenters. The zero-order valence-corrected chi connectivity index (χ0v) is 12.1.